The first-order chi connectivity index (χ1) is 12.2. The van der Waals surface area contributed by atoms with Gasteiger partial charge < -0.3 is 9.47 Å². The fourth-order valence-electron chi connectivity index (χ4n) is 2.53. The van der Waals surface area contributed by atoms with Crippen molar-refractivity contribution in [2.24, 2.45) is 0 Å². The van der Waals surface area contributed by atoms with Gasteiger partial charge in [-0.1, -0.05) is 41.1 Å². The van der Waals surface area contributed by atoms with Crippen molar-refractivity contribution in [1.82, 2.24) is 20.2 Å². The number of nitrogens with zero attached hydrogens (tertiary/aromatic N) is 4. The first-order valence-corrected chi connectivity index (χ1v) is 9.07. The molecule has 2 heterocycles. The Hall–Kier alpha value is -2.09. The maximum Gasteiger partial charge on any atom is 0.214 e. The molecule has 0 saturated carbocycles. The van der Waals surface area contributed by atoms with Gasteiger partial charge in [0, 0.05) is 11.3 Å². The van der Waals surface area contributed by atoms with Crippen molar-refractivity contribution >= 4 is 23.4 Å². The summed E-state index contributed by atoms with van der Waals surface area (Å²) in [5.41, 5.74) is 4.07. The summed E-state index contributed by atoms with van der Waals surface area (Å²) in [5, 5.41) is 13.4. The molecule has 3 aromatic rings. The van der Waals surface area contributed by atoms with Gasteiger partial charge in [-0.15, -0.1) is 5.10 Å². The van der Waals surface area contributed by atoms with Gasteiger partial charge in [-0.05, 0) is 47.2 Å². The van der Waals surface area contributed by atoms with E-state index in [1.165, 1.54) is 5.56 Å². The molecular weight excluding hydrogens is 360 g/mol. The van der Waals surface area contributed by atoms with Gasteiger partial charge >= 0.3 is 0 Å². The van der Waals surface area contributed by atoms with Gasteiger partial charge in [0.05, 0.1) is 17.3 Å². The number of rotatable bonds is 4. The smallest absolute Gasteiger partial charge is 0.214 e. The highest BCUT2D eigenvalue weighted by Crippen LogP contribution is 2.34. The van der Waals surface area contributed by atoms with Crippen molar-refractivity contribution in [2.45, 2.75) is 24.4 Å². The van der Waals surface area contributed by atoms with Crippen LogP contribution in [0.25, 0.3) is 5.69 Å². The van der Waals surface area contributed by atoms with E-state index >= 15 is 0 Å². The molecule has 0 spiro atoms. The Morgan fingerprint density at radius 2 is 2.08 bits per heavy atom. The molecule has 0 atom stereocenters. The highest BCUT2D eigenvalue weighted by atomic mass is 35.5. The molecule has 6 nitrogen and oxygen atoms in total. The average Bonchev–Trinajstić information content (AvgIpc) is 3.09. The summed E-state index contributed by atoms with van der Waals surface area (Å²) in [5.74, 6) is 1.47. The monoisotopic (exact) mass is 374 g/mol. The Morgan fingerprint density at radius 1 is 1.24 bits per heavy atom. The number of hydrogen-bond donors (Lipinski definition) is 0. The second kappa shape index (κ2) is 7.03. The molecule has 1 aromatic heterocycles. The molecule has 0 bridgehead atoms. The summed E-state index contributed by atoms with van der Waals surface area (Å²) in [6, 6.07) is 12.0. The number of halogens is 1. The van der Waals surface area contributed by atoms with Crippen LogP contribution in [0.4, 0.5) is 0 Å². The molecule has 0 amide bonds. The minimum absolute atomic E-state index is 0.256. The van der Waals surface area contributed by atoms with Crippen LogP contribution in [-0.4, -0.2) is 27.0 Å². The lowest BCUT2D eigenvalue weighted by Gasteiger charge is -2.19. The number of aromatic nitrogens is 4. The molecule has 2 aromatic carbocycles. The van der Waals surface area contributed by atoms with Gasteiger partial charge in [0.15, 0.2) is 6.79 Å². The lowest BCUT2D eigenvalue weighted by atomic mass is 10.1. The van der Waals surface area contributed by atoms with Crippen molar-refractivity contribution in [3.8, 4) is 11.4 Å². The second-order valence-electron chi connectivity index (χ2n) is 5.66. The van der Waals surface area contributed by atoms with Crippen LogP contribution in [0.5, 0.6) is 5.75 Å². The lowest BCUT2D eigenvalue weighted by molar-refractivity contribution is -0.0163. The summed E-state index contributed by atoms with van der Waals surface area (Å²) in [4.78, 5) is 0. The van der Waals surface area contributed by atoms with Crippen molar-refractivity contribution in [2.75, 3.05) is 6.79 Å². The summed E-state index contributed by atoms with van der Waals surface area (Å²) in [6.45, 7) is 2.78. The number of hydrogen-bond acceptors (Lipinski definition) is 6. The van der Waals surface area contributed by atoms with E-state index in [0.717, 1.165) is 27.7 Å². The van der Waals surface area contributed by atoms with Crippen LogP contribution in [0, 0.1) is 6.92 Å². The van der Waals surface area contributed by atoms with E-state index in [4.69, 9.17) is 21.1 Å². The molecule has 0 aliphatic carbocycles. The van der Waals surface area contributed by atoms with E-state index in [2.05, 4.69) is 15.5 Å². The minimum Gasteiger partial charge on any atom is -0.467 e. The van der Waals surface area contributed by atoms with Gasteiger partial charge in [-0.3, -0.25) is 0 Å². The molecule has 0 fully saturated rings. The maximum atomic E-state index is 6.34. The van der Waals surface area contributed by atoms with Crippen LogP contribution in [0.15, 0.2) is 41.6 Å². The molecule has 4 rings (SSSR count). The maximum absolute atomic E-state index is 6.34. The Morgan fingerprint density at radius 3 is 2.92 bits per heavy atom. The zero-order valence-corrected chi connectivity index (χ0v) is 15.0. The summed E-state index contributed by atoms with van der Waals surface area (Å²) < 4.78 is 12.5. The molecular formula is C17H15ClN4O2S. The number of thioether (sulfide) groups is 1. The van der Waals surface area contributed by atoms with E-state index in [0.29, 0.717) is 17.4 Å². The number of aryl methyl sites for hydroxylation is 1. The third-order valence-electron chi connectivity index (χ3n) is 3.85. The van der Waals surface area contributed by atoms with Crippen LogP contribution < -0.4 is 4.74 Å². The SMILES string of the molecule is Cc1ccc(-n2nnnc2SCc2cc(Cl)c3c(c2)OCOC3)cc1. The van der Waals surface area contributed by atoms with E-state index in [1.807, 2.05) is 43.3 Å². The first kappa shape index (κ1) is 16.4. The Labute approximate surface area is 154 Å². The van der Waals surface area contributed by atoms with Crippen LogP contribution in [0.2, 0.25) is 5.02 Å². The molecule has 0 saturated heterocycles. The van der Waals surface area contributed by atoms with Gasteiger partial charge in [0.25, 0.3) is 0 Å². The van der Waals surface area contributed by atoms with E-state index in [9.17, 15) is 0 Å². The van der Waals surface area contributed by atoms with Crippen molar-refractivity contribution < 1.29 is 9.47 Å². The van der Waals surface area contributed by atoms with E-state index < -0.39 is 0 Å². The Bertz CT molecular complexity index is 898. The summed E-state index contributed by atoms with van der Waals surface area (Å²) in [6.07, 6.45) is 0. The van der Waals surface area contributed by atoms with Gasteiger partial charge in [0.2, 0.25) is 5.16 Å². The summed E-state index contributed by atoms with van der Waals surface area (Å²) >= 11 is 7.88. The number of ether oxygens (including phenoxy) is 2. The molecule has 128 valence electrons. The zero-order valence-electron chi connectivity index (χ0n) is 13.5. The first-order valence-electron chi connectivity index (χ1n) is 7.71. The van der Waals surface area contributed by atoms with Crippen molar-refractivity contribution in [1.29, 1.82) is 0 Å². The molecule has 8 heteroatoms. The fourth-order valence-corrected chi connectivity index (χ4v) is 3.64. The molecule has 1 aliphatic rings. The van der Waals surface area contributed by atoms with Crippen LogP contribution in [0.1, 0.15) is 16.7 Å². The van der Waals surface area contributed by atoms with Crippen LogP contribution in [-0.2, 0) is 17.1 Å². The Kier molecular flexibility index (Phi) is 4.61. The predicted octanol–water partition coefficient (Wildman–Crippen LogP) is 3.78. The molecule has 0 radical (unpaired) electrons. The normalized spacial score (nSPS) is 13.4. The van der Waals surface area contributed by atoms with Crippen LogP contribution >= 0.6 is 23.4 Å². The average molecular weight is 375 g/mol. The van der Waals surface area contributed by atoms with Gasteiger partial charge in [-0.25, -0.2) is 0 Å². The van der Waals surface area contributed by atoms with E-state index in [1.54, 1.807) is 16.4 Å². The zero-order chi connectivity index (χ0) is 17.2. The van der Waals surface area contributed by atoms with Crippen LogP contribution in [0.3, 0.4) is 0 Å². The third-order valence-corrected chi connectivity index (χ3v) is 5.17. The Balaban J connectivity index is 1.54. The number of benzene rings is 2. The number of tetrazole rings is 1. The van der Waals surface area contributed by atoms with Crippen molar-refractivity contribution in [3.05, 3.63) is 58.1 Å². The van der Waals surface area contributed by atoms with E-state index in [-0.39, 0.29) is 6.79 Å². The third kappa shape index (κ3) is 3.49. The number of fused-ring (bicyclic) bond motifs is 1. The second-order valence-corrected chi connectivity index (χ2v) is 7.01. The fraction of sp³-hybridized carbons (Fsp3) is 0.235. The molecule has 25 heavy (non-hydrogen) atoms. The molecule has 1 aliphatic heterocycles. The predicted molar refractivity (Wildman–Crippen MR) is 95.2 cm³/mol. The summed E-state index contributed by atoms with van der Waals surface area (Å²) in [7, 11) is 0. The van der Waals surface area contributed by atoms with Gasteiger partial charge in [-0.2, -0.15) is 4.68 Å². The highest BCUT2D eigenvalue weighted by Gasteiger charge is 2.16. The quantitative estimate of drug-likeness (QED) is 0.647. The standard InChI is InChI=1S/C17H15ClN4O2S/c1-11-2-4-13(5-3-11)22-17(19-20-21-22)25-9-12-6-15(18)14-8-23-10-24-16(14)7-12/h2-7H,8-10H2,1H3. The largest absolute Gasteiger partial charge is 0.467 e. The molecule has 0 unspecified atom stereocenters. The van der Waals surface area contributed by atoms with Gasteiger partial charge in [0.1, 0.15) is 5.75 Å². The topological polar surface area (TPSA) is 62.1 Å². The lowest BCUT2D eigenvalue weighted by Crippen LogP contribution is -2.12. The minimum atomic E-state index is 0.256. The molecule has 0 N–H and O–H groups in total. The van der Waals surface area contributed by atoms with Crippen molar-refractivity contribution in [3.63, 3.8) is 0 Å². The highest BCUT2D eigenvalue weighted by molar-refractivity contribution is 7.98.